The molecule has 0 radical (unpaired) electrons. The molecule has 180 valence electrons. The number of thiocarbonyl (C=S) groups is 3. The summed E-state index contributed by atoms with van der Waals surface area (Å²) in [5.74, 6) is 0. The molecule has 0 aromatic heterocycles. The summed E-state index contributed by atoms with van der Waals surface area (Å²) >= 11 is 13.8. The van der Waals surface area contributed by atoms with Crippen molar-refractivity contribution in [2.75, 3.05) is 0 Å². The first-order chi connectivity index (χ1) is 15.0. The van der Waals surface area contributed by atoms with E-state index in [-0.39, 0.29) is 0 Å². The van der Waals surface area contributed by atoms with E-state index < -0.39 is 15.1 Å². The predicted octanol–water partition coefficient (Wildman–Crippen LogP) is 9.08. The first kappa shape index (κ1) is 31.2. The molecule has 0 aromatic carbocycles. The maximum atomic E-state index is 5.94. The van der Waals surface area contributed by atoms with Gasteiger partial charge in [0.2, 0.25) is 0 Å². The normalized spacial score (nSPS) is 10.5. The fourth-order valence-corrected chi connectivity index (χ4v) is 5.47. The Morgan fingerprint density at radius 2 is 0.710 bits per heavy atom. The van der Waals surface area contributed by atoms with Gasteiger partial charge in [0.15, 0.2) is 0 Å². The summed E-state index contributed by atoms with van der Waals surface area (Å²) in [6.45, 7) is 6.66. The number of hydrogen-bond donors (Lipinski definition) is 0. The van der Waals surface area contributed by atoms with E-state index in [1.165, 1.54) is 77.0 Å². The summed E-state index contributed by atoms with van der Waals surface area (Å²) in [4.78, 5) is 0. The zero-order valence-electron chi connectivity index (χ0n) is 20.3. The van der Waals surface area contributed by atoms with Crippen LogP contribution in [0.15, 0.2) is 0 Å². The Morgan fingerprint density at radius 3 is 0.968 bits per heavy atom. The highest BCUT2D eigenvalue weighted by Crippen LogP contribution is 2.13. The summed E-state index contributed by atoms with van der Waals surface area (Å²) in [6.07, 6.45) is 20.3. The van der Waals surface area contributed by atoms with Crippen molar-refractivity contribution in [2.45, 2.75) is 136 Å². The van der Waals surface area contributed by atoms with Gasteiger partial charge < -0.3 is 11.4 Å². The van der Waals surface area contributed by atoms with Crippen LogP contribution < -0.4 is 0 Å². The minimum absolute atomic E-state index is 0.574. The van der Waals surface area contributed by atoms with Crippen LogP contribution in [0.3, 0.4) is 0 Å². The van der Waals surface area contributed by atoms with Gasteiger partial charge in [-0.25, -0.2) is 0 Å². The van der Waals surface area contributed by atoms with Gasteiger partial charge in [0.1, 0.15) is 15.2 Å². The maximum absolute atomic E-state index is 5.94. The molecule has 0 aliphatic heterocycles. The highest BCUT2D eigenvalue weighted by molar-refractivity contribution is 7.80. The molecule has 0 aliphatic carbocycles. The van der Waals surface area contributed by atoms with E-state index in [0.717, 1.165) is 38.5 Å². The van der Waals surface area contributed by atoms with Gasteiger partial charge in [-0.05, 0) is 55.9 Å². The Kier molecular flexibility index (Phi) is 23.5. The molecular weight excluding hydrogens is 459 g/mol. The molecule has 3 nitrogen and oxygen atoms in total. The average molecular weight is 505 g/mol. The molecule has 0 amide bonds. The molecule has 0 aliphatic rings. The Hall–Kier alpha value is 0.202. The quantitative estimate of drug-likeness (QED) is 0.0879. The molecule has 0 atom stereocenters. The van der Waals surface area contributed by atoms with Gasteiger partial charge >= 0.3 is 15.1 Å². The lowest BCUT2D eigenvalue weighted by Gasteiger charge is -2.17. The van der Waals surface area contributed by atoms with E-state index in [2.05, 4.69) is 20.8 Å². The first-order valence-corrected chi connectivity index (χ1v) is 15.3. The fraction of sp³-hybridized carbons (Fsp3) is 0.875. The summed E-state index contributed by atoms with van der Waals surface area (Å²) in [6, 6.07) is 0. The van der Waals surface area contributed by atoms with Gasteiger partial charge in [0.05, 0.1) is 0 Å². The zero-order chi connectivity index (χ0) is 23.2. The van der Waals surface area contributed by atoms with E-state index >= 15 is 0 Å². The van der Waals surface area contributed by atoms with Crippen molar-refractivity contribution in [3.05, 3.63) is 0 Å². The van der Waals surface area contributed by atoms with E-state index in [9.17, 15) is 0 Å². The van der Waals surface area contributed by atoms with Crippen LogP contribution in [0.2, 0.25) is 0 Å². The van der Waals surface area contributed by atoms with Crippen LogP contribution in [0.1, 0.15) is 136 Å². The second-order valence-electron chi connectivity index (χ2n) is 8.25. The van der Waals surface area contributed by atoms with Crippen LogP contribution in [0.25, 0.3) is 0 Å². The van der Waals surface area contributed by atoms with Crippen molar-refractivity contribution in [1.82, 2.24) is 0 Å². The molecule has 0 saturated heterocycles. The van der Waals surface area contributed by atoms with Gasteiger partial charge in [0, 0.05) is 19.3 Å². The molecule has 31 heavy (non-hydrogen) atoms. The molecule has 0 spiro atoms. The third kappa shape index (κ3) is 21.8. The van der Waals surface area contributed by atoms with Gasteiger partial charge in [-0.1, -0.05) is 97.8 Å². The Morgan fingerprint density at radius 1 is 0.452 bits per heavy atom. The summed E-state index contributed by atoms with van der Waals surface area (Å²) in [5, 5.41) is 1.72. The second kappa shape index (κ2) is 23.4. The third-order valence-electron chi connectivity index (χ3n) is 5.14. The second-order valence-corrected chi connectivity index (χ2v) is 10.9. The monoisotopic (exact) mass is 504 g/mol. The van der Waals surface area contributed by atoms with E-state index in [1.54, 1.807) is 0 Å². The maximum Gasteiger partial charge on any atom is 1.20 e. The molecule has 0 heterocycles. The van der Waals surface area contributed by atoms with E-state index in [4.69, 9.17) is 48.0 Å². The smallest absolute Gasteiger partial charge is 0.572 e. The van der Waals surface area contributed by atoms with Crippen molar-refractivity contribution in [1.29, 1.82) is 0 Å². The molecule has 7 heteroatoms. The van der Waals surface area contributed by atoms with Crippen LogP contribution in [0.4, 0.5) is 0 Å². The summed E-state index contributed by atoms with van der Waals surface area (Å²) < 4.78 is 17.8. The summed E-state index contributed by atoms with van der Waals surface area (Å²) in [5.41, 5.74) is 0. The molecule has 0 N–H and O–H groups in total. The van der Waals surface area contributed by atoms with Crippen molar-refractivity contribution in [2.24, 2.45) is 0 Å². The molecule has 0 saturated carbocycles. The Balaban J connectivity index is 4.43. The fourth-order valence-electron chi connectivity index (χ4n) is 3.19. The number of rotatable bonds is 21. The molecular formula is C24H45AlO3S3. The largest absolute Gasteiger partial charge is 1.20 e. The lowest BCUT2D eigenvalue weighted by atomic mass is 10.1. The van der Waals surface area contributed by atoms with Crippen molar-refractivity contribution in [3.63, 3.8) is 0 Å². The van der Waals surface area contributed by atoms with Crippen molar-refractivity contribution in [3.8, 4) is 0 Å². The molecule has 0 unspecified atom stereocenters. The SMILES string of the molecule is CCCCCCCC(=S)[O][Al]([O]C(=S)CCCCCCC)[O]C(=S)CCCCCCC. The molecule has 0 fully saturated rings. The van der Waals surface area contributed by atoms with Crippen LogP contribution in [-0.2, 0) is 11.4 Å². The summed E-state index contributed by atoms with van der Waals surface area (Å²) in [7, 11) is 0. The standard InChI is InChI=1S/3C8H16OS.Al/c3*1-2-3-4-5-6-7-8(9)10;/h3*2-7H2,1H3,(H,9,10);/q;;;+3/p-3. The molecule has 0 aromatic rings. The lowest BCUT2D eigenvalue weighted by molar-refractivity contribution is 0.289. The van der Waals surface area contributed by atoms with Gasteiger partial charge in [-0.2, -0.15) is 0 Å². The number of hydrogen-bond acceptors (Lipinski definition) is 6. The topological polar surface area (TPSA) is 27.7 Å². The highest BCUT2D eigenvalue weighted by Gasteiger charge is 2.46. The average Bonchev–Trinajstić information content (AvgIpc) is 2.73. The van der Waals surface area contributed by atoms with Crippen LogP contribution in [0.5, 0.6) is 0 Å². The van der Waals surface area contributed by atoms with Crippen molar-refractivity contribution >= 4 is 67.0 Å². The minimum atomic E-state index is -2.53. The zero-order valence-corrected chi connectivity index (χ0v) is 23.9. The van der Waals surface area contributed by atoms with E-state index in [1.807, 2.05) is 0 Å². The predicted molar refractivity (Wildman–Crippen MR) is 147 cm³/mol. The Bertz CT molecular complexity index is 408. The van der Waals surface area contributed by atoms with E-state index in [0.29, 0.717) is 15.2 Å². The number of unbranched alkanes of at least 4 members (excludes halogenated alkanes) is 12. The van der Waals surface area contributed by atoms with Crippen LogP contribution in [-0.4, -0.2) is 30.3 Å². The van der Waals surface area contributed by atoms with Gasteiger partial charge in [0.25, 0.3) is 0 Å². The van der Waals surface area contributed by atoms with Crippen molar-refractivity contribution < 1.29 is 11.4 Å². The van der Waals surface area contributed by atoms with Crippen LogP contribution in [0, 0.1) is 0 Å². The first-order valence-electron chi connectivity index (χ1n) is 12.6. The minimum Gasteiger partial charge on any atom is -0.572 e. The third-order valence-corrected chi connectivity index (χ3v) is 7.98. The highest BCUT2D eigenvalue weighted by atomic mass is 32.1. The van der Waals surface area contributed by atoms with Crippen LogP contribution >= 0.6 is 36.7 Å². The molecule has 0 bridgehead atoms. The Labute approximate surface area is 213 Å². The van der Waals surface area contributed by atoms with Gasteiger partial charge in [-0.15, -0.1) is 0 Å². The van der Waals surface area contributed by atoms with Gasteiger partial charge in [-0.3, -0.25) is 0 Å². The molecule has 0 rings (SSSR count). The lowest BCUT2D eigenvalue weighted by Crippen LogP contribution is -2.33.